The minimum atomic E-state index is -0.528. The van der Waals surface area contributed by atoms with Gasteiger partial charge in [-0.15, -0.1) is 0 Å². The highest BCUT2D eigenvalue weighted by atomic mass is 16.6. The molecule has 0 amide bonds. The van der Waals surface area contributed by atoms with Crippen molar-refractivity contribution in [2.45, 2.75) is 225 Å². The van der Waals surface area contributed by atoms with Crippen LogP contribution in [0.2, 0.25) is 0 Å². The van der Waals surface area contributed by atoms with Crippen molar-refractivity contribution in [3.8, 4) is 0 Å². The Kier molecular flexibility index (Phi) is 38.5. The molecule has 0 rings (SSSR count). The Morgan fingerprint density at radius 3 is 1.27 bits per heavy atom. The second-order valence-corrected chi connectivity index (χ2v) is 13.7. The molecule has 0 aromatic rings. The molecule has 0 bridgehead atoms. The molecule has 4 heteroatoms. The van der Waals surface area contributed by atoms with Crippen LogP contribution in [0.4, 0.5) is 0 Å². The van der Waals surface area contributed by atoms with Gasteiger partial charge in [-0.1, -0.05) is 187 Å². The molecule has 0 heterocycles. The van der Waals surface area contributed by atoms with Gasteiger partial charge in [-0.05, 0) is 38.5 Å². The van der Waals surface area contributed by atoms with Crippen molar-refractivity contribution in [2.75, 3.05) is 19.8 Å². The first kappa shape index (κ1) is 44.1. The second-order valence-electron chi connectivity index (χ2n) is 13.7. The van der Waals surface area contributed by atoms with E-state index in [4.69, 9.17) is 9.47 Å². The minimum absolute atomic E-state index is 0.167. The van der Waals surface area contributed by atoms with Gasteiger partial charge in [0.15, 0.2) is 0 Å². The van der Waals surface area contributed by atoms with Crippen LogP contribution in [0, 0.1) is 0 Å². The van der Waals surface area contributed by atoms with Crippen molar-refractivity contribution in [3.05, 3.63) is 12.2 Å². The highest BCUT2D eigenvalue weighted by molar-refractivity contribution is 5.69. The number of ether oxygens (including phenoxy) is 2. The van der Waals surface area contributed by atoms with Gasteiger partial charge in [0.2, 0.25) is 0 Å². The Morgan fingerprint density at radius 2 is 0.867 bits per heavy atom. The molecule has 0 aliphatic heterocycles. The van der Waals surface area contributed by atoms with Gasteiger partial charge in [-0.3, -0.25) is 4.79 Å². The Hall–Kier alpha value is -0.870. The van der Waals surface area contributed by atoms with Crippen molar-refractivity contribution in [2.24, 2.45) is 0 Å². The quantitative estimate of drug-likeness (QED) is 0.0416. The zero-order valence-corrected chi connectivity index (χ0v) is 30.7. The Labute approximate surface area is 282 Å². The molecule has 0 aliphatic rings. The predicted molar refractivity (Wildman–Crippen MR) is 196 cm³/mol. The highest BCUT2D eigenvalue weighted by Crippen LogP contribution is 2.14. The topological polar surface area (TPSA) is 55.8 Å². The molecule has 45 heavy (non-hydrogen) atoms. The zero-order valence-electron chi connectivity index (χ0n) is 30.7. The third kappa shape index (κ3) is 37.5. The average Bonchev–Trinajstić information content (AvgIpc) is 3.05. The fourth-order valence-electron chi connectivity index (χ4n) is 6.03. The van der Waals surface area contributed by atoms with E-state index in [9.17, 15) is 9.90 Å². The number of carbonyl (C=O) groups excluding carboxylic acids is 1. The molecule has 0 fully saturated rings. The molecular weight excluding hydrogens is 556 g/mol. The summed E-state index contributed by atoms with van der Waals surface area (Å²) >= 11 is 0. The Balaban J connectivity index is 3.39. The van der Waals surface area contributed by atoms with Gasteiger partial charge in [0.1, 0.15) is 6.10 Å². The average molecular weight is 637 g/mol. The zero-order chi connectivity index (χ0) is 32.7. The third-order valence-electron chi connectivity index (χ3n) is 9.09. The van der Waals surface area contributed by atoms with E-state index < -0.39 is 6.10 Å². The molecule has 0 saturated carbocycles. The van der Waals surface area contributed by atoms with Crippen molar-refractivity contribution in [1.82, 2.24) is 0 Å². The van der Waals surface area contributed by atoms with Gasteiger partial charge in [-0.25, -0.2) is 0 Å². The van der Waals surface area contributed by atoms with E-state index in [1.807, 2.05) is 0 Å². The van der Waals surface area contributed by atoms with Gasteiger partial charge in [-0.2, -0.15) is 0 Å². The number of rotatable bonds is 38. The van der Waals surface area contributed by atoms with Crippen LogP contribution in [0.5, 0.6) is 0 Å². The fourth-order valence-corrected chi connectivity index (χ4v) is 6.03. The van der Waals surface area contributed by atoms with Crippen molar-refractivity contribution in [3.63, 3.8) is 0 Å². The van der Waals surface area contributed by atoms with Gasteiger partial charge in [0.05, 0.1) is 13.2 Å². The minimum Gasteiger partial charge on any atom is -0.457 e. The highest BCUT2D eigenvalue weighted by Gasteiger charge is 2.13. The van der Waals surface area contributed by atoms with E-state index in [0.29, 0.717) is 19.6 Å². The Bertz CT molecular complexity index is 590. The number of allylic oxidation sites excluding steroid dienone is 2. The smallest absolute Gasteiger partial charge is 0.306 e. The van der Waals surface area contributed by atoms with Crippen molar-refractivity contribution < 1.29 is 19.4 Å². The second kappa shape index (κ2) is 39.3. The molecule has 0 aromatic carbocycles. The first-order valence-electron chi connectivity index (χ1n) is 20.3. The van der Waals surface area contributed by atoms with E-state index in [1.165, 1.54) is 180 Å². The summed E-state index contributed by atoms with van der Waals surface area (Å²) in [5, 5.41) is 9.56. The van der Waals surface area contributed by atoms with Crippen molar-refractivity contribution >= 4 is 5.97 Å². The number of hydrogen-bond donors (Lipinski definition) is 1. The van der Waals surface area contributed by atoms with Crippen LogP contribution in [0.1, 0.15) is 219 Å². The number of aliphatic hydroxyl groups is 1. The molecule has 4 nitrogen and oxygen atoms in total. The van der Waals surface area contributed by atoms with E-state index in [-0.39, 0.29) is 12.6 Å². The van der Waals surface area contributed by atoms with Crippen LogP contribution in [-0.2, 0) is 14.3 Å². The van der Waals surface area contributed by atoms with Crippen LogP contribution in [0.3, 0.4) is 0 Å². The lowest BCUT2D eigenvalue weighted by Crippen LogP contribution is -2.27. The van der Waals surface area contributed by atoms with E-state index in [2.05, 4.69) is 26.0 Å². The van der Waals surface area contributed by atoms with Crippen LogP contribution in [0.25, 0.3) is 0 Å². The summed E-state index contributed by atoms with van der Waals surface area (Å²) in [5.74, 6) is -0.199. The first-order valence-corrected chi connectivity index (χ1v) is 20.3. The number of esters is 1. The summed E-state index contributed by atoms with van der Waals surface area (Å²) in [6.07, 6.45) is 45.5. The summed E-state index contributed by atoms with van der Waals surface area (Å²) in [6.45, 7) is 5.37. The molecule has 1 N–H and O–H groups in total. The molecular formula is C41H80O4. The first-order chi connectivity index (χ1) is 22.2. The van der Waals surface area contributed by atoms with Gasteiger partial charge in [0.25, 0.3) is 0 Å². The standard InChI is InChI=1S/C41H80O4/c1-3-5-7-9-11-13-15-17-18-19-20-21-22-23-24-25-26-28-30-32-34-36-41(43)45-40(38-42)39-44-37-35-33-31-29-27-16-14-12-10-8-6-4-2/h19-20,40,42H,3-18,21-39H2,1-2H3/b20-19-. The summed E-state index contributed by atoms with van der Waals surface area (Å²) in [7, 11) is 0. The maximum Gasteiger partial charge on any atom is 0.306 e. The van der Waals surface area contributed by atoms with E-state index in [1.54, 1.807) is 0 Å². The molecule has 0 saturated heterocycles. The molecule has 268 valence electrons. The fraction of sp³-hybridized carbons (Fsp3) is 0.927. The van der Waals surface area contributed by atoms with Crippen LogP contribution >= 0.6 is 0 Å². The predicted octanol–water partition coefficient (Wildman–Crippen LogP) is 13.0. The van der Waals surface area contributed by atoms with E-state index >= 15 is 0 Å². The van der Waals surface area contributed by atoms with Gasteiger partial charge < -0.3 is 14.6 Å². The summed E-state index contributed by atoms with van der Waals surface area (Å²) < 4.78 is 11.1. The van der Waals surface area contributed by atoms with Crippen LogP contribution in [-0.4, -0.2) is 37.0 Å². The normalized spacial score (nSPS) is 12.3. The molecule has 0 aliphatic carbocycles. The molecule has 0 aromatic heterocycles. The van der Waals surface area contributed by atoms with E-state index in [0.717, 1.165) is 19.3 Å². The van der Waals surface area contributed by atoms with Gasteiger partial charge >= 0.3 is 5.97 Å². The van der Waals surface area contributed by atoms with Crippen LogP contribution < -0.4 is 0 Å². The lowest BCUT2D eigenvalue weighted by Gasteiger charge is -2.16. The number of aliphatic hydroxyl groups excluding tert-OH is 1. The monoisotopic (exact) mass is 637 g/mol. The SMILES string of the molecule is CCCCCCCCCC/C=C\CCCCCCCCCCCC(=O)OC(CO)COCCCCCCCCCCCCCC. The number of hydrogen-bond acceptors (Lipinski definition) is 4. The van der Waals surface area contributed by atoms with Gasteiger partial charge in [0, 0.05) is 13.0 Å². The number of carbonyl (C=O) groups is 1. The lowest BCUT2D eigenvalue weighted by molar-refractivity contribution is -0.154. The maximum atomic E-state index is 12.2. The summed E-state index contributed by atoms with van der Waals surface area (Å²) in [5.41, 5.74) is 0. The summed E-state index contributed by atoms with van der Waals surface area (Å²) in [4.78, 5) is 12.2. The van der Waals surface area contributed by atoms with Crippen molar-refractivity contribution in [1.29, 1.82) is 0 Å². The Morgan fingerprint density at radius 1 is 0.511 bits per heavy atom. The van der Waals surface area contributed by atoms with Crippen LogP contribution in [0.15, 0.2) is 12.2 Å². The number of unbranched alkanes of at least 4 members (excludes halogenated alkanes) is 28. The maximum absolute atomic E-state index is 12.2. The molecule has 1 atom stereocenters. The third-order valence-corrected chi connectivity index (χ3v) is 9.09. The molecule has 0 radical (unpaired) electrons. The summed E-state index contributed by atoms with van der Waals surface area (Å²) in [6, 6.07) is 0. The molecule has 1 unspecified atom stereocenters. The molecule has 0 spiro atoms. The lowest BCUT2D eigenvalue weighted by atomic mass is 10.1. The largest absolute Gasteiger partial charge is 0.457 e.